The fourth-order valence-electron chi connectivity index (χ4n) is 2.36. The lowest BCUT2D eigenvalue weighted by molar-refractivity contribution is -0.117. The van der Waals surface area contributed by atoms with Crippen LogP contribution >= 0.6 is 0 Å². The van der Waals surface area contributed by atoms with Crippen molar-refractivity contribution in [1.29, 1.82) is 0 Å². The van der Waals surface area contributed by atoms with Gasteiger partial charge in [0.15, 0.2) is 0 Å². The summed E-state index contributed by atoms with van der Waals surface area (Å²) in [5.41, 5.74) is 2.70. The summed E-state index contributed by atoms with van der Waals surface area (Å²) in [6, 6.07) is 8.91. The fraction of sp³-hybridized carbons (Fsp3) is 0.500. The summed E-state index contributed by atoms with van der Waals surface area (Å²) in [7, 11) is 2.12. The highest BCUT2D eigenvalue weighted by molar-refractivity contribution is 5.81. The molecule has 0 radical (unpaired) electrons. The molecule has 1 aromatic carbocycles. The van der Waals surface area contributed by atoms with E-state index in [1.807, 2.05) is 0 Å². The Morgan fingerprint density at radius 3 is 2.75 bits per heavy atom. The molecule has 1 aliphatic rings. The van der Waals surface area contributed by atoms with Gasteiger partial charge in [0, 0.05) is 25.4 Å². The van der Waals surface area contributed by atoms with Gasteiger partial charge in [0.25, 0.3) is 0 Å². The van der Waals surface area contributed by atoms with E-state index in [1.54, 1.807) is 0 Å². The first-order valence-electron chi connectivity index (χ1n) is 5.93. The number of benzene rings is 1. The van der Waals surface area contributed by atoms with Gasteiger partial charge in [-0.2, -0.15) is 0 Å². The van der Waals surface area contributed by atoms with Crippen LogP contribution in [0, 0.1) is 6.92 Å². The summed E-state index contributed by atoms with van der Waals surface area (Å²) in [6.07, 6.45) is 2.53. The molecular formula is C14H19NO. The lowest BCUT2D eigenvalue weighted by Crippen LogP contribution is -2.29. The van der Waals surface area contributed by atoms with E-state index in [2.05, 4.69) is 43.1 Å². The molecule has 16 heavy (non-hydrogen) atoms. The number of aryl methyl sites for hydroxylation is 1. The second-order valence-electron chi connectivity index (χ2n) is 4.78. The molecule has 1 unspecified atom stereocenters. The van der Waals surface area contributed by atoms with E-state index < -0.39 is 0 Å². The van der Waals surface area contributed by atoms with Gasteiger partial charge in [-0.3, -0.25) is 9.69 Å². The molecule has 0 aliphatic heterocycles. The standard InChI is InChI=1S/C14H19NO/c1-11-5-3-4-6-12(11)10-15(2)13-7-8-14(16)9-13/h3-6,13H,7-10H2,1-2H3. The highest BCUT2D eigenvalue weighted by Gasteiger charge is 2.25. The summed E-state index contributed by atoms with van der Waals surface area (Å²) in [6.45, 7) is 3.09. The molecule has 0 saturated heterocycles. The number of Topliss-reactive ketones (excluding diaryl/α,β-unsaturated/α-hetero) is 1. The third kappa shape index (κ3) is 2.50. The van der Waals surface area contributed by atoms with Crippen LogP contribution in [0.15, 0.2) is 24.3 Å². The van der Waals surface area contributed by atoms with Crippen molar-refractivity contribution in [2.24, 2.45) is 0 Å². The number of ketones is 1. The maximum absolute atomic E-state index is 11.3. The normalized spacial score (nSPS) is 20.7. The number of carbonyl (C=O) groups is 1. The van der Waals surface area contributed by atoms with Crippen molar-refractivity contribution in [2.45, 2.75) is 38.8 Å². The van der Waals surface area contributed by atoms with Gasteiger partial charge in [-0.1, -0.05) is 24.3 Å². The van der Waals surface area contributed by atoms with Gasteiger partial charge in [0.05, 0.1) is 0 Å². The molecule has 1 aromatic rings. The first-order valence-corrected chi connectivity index (χ1v) is 5.93. The summed E-state index contributed by atoms with van der Waals surface area (Å²) in [4.78, 5) is 13.6. The van der Waals surface area contributed by atoms with Crippen LogP contribution in [0.2, 0.25) is 0 Å². The molecule has 0 N–H and O–H groups in total. The van der Waals surface area contributed by atoms with Crippen LogP contribution in [-0.4, -0.2) is 23.8 Å². The summed E-state index contributed by atoms with van der Waals surface area (Å²) in [5.74, 6) is 0.418. The first kappa shape index (κ1) is 11.3. The largest absolute Gasteiger partial charge is 0.300 e. The number of nitrogens with zero attached hydrogens (tertiary/aromatic N) is 1. The Bertz CT molecular complexity index is 386. The Kier molecular flexibility index (Phi) is 3.39. The molecule has 2 rings (SSSR count). The highest BCUT2D eigenvalue weighted by atomic mass is 16.1. The van der Waals surface area contributed by atoms with E-state index in [0.29, 0.717) is 11.8 Å². The third-order valence-electron chi connectivity index (χ3n) is 3.52. The SMILES string of the molecule is Cc1ccccc1CN(C)C1CCC(=O)C1. The van der Waals surface area contributed by atoms with Gasteiger partial charge in [-0.05, 0) is 31.5 Å². The van der Waals surface area contributed by atoms with Gasteiger partial charge in [0.1, 0.15) is 5.78 Å². The van der Waals surface area contributed by atoms with Crippen LogP contribution in [0.5, 0.6) is 0 Å². The van der Waals surface area contributed by atoms with E-state index in [4.69, 9.17) is 0 Å². The van der Waals surface area contributed by atoms with Gasteiger partial charge in [-0.15, -0.1) is 0 Å². The van der Waals surface area contributed by atoms with Crippen molar-refractivity contribution in [3.63, 3.8) is 0 Å². The van der Waals surface area contributed by atoms with Crippen LogP contribution < -0.4 is 0 Å². The quantitative estimate of drug-likeness (QED) is 0.775. The van der Waals surface area contributed by atoms with Crippen LogP contribution in [0.1, 0.15) is 30.4 Å². The average Bonchev–Trinajstić information content (AvgIpc) is 2.68. The van der Waals surface area contributed by atoms with Crippen LogP contribution in [0.25, 0.3) is 0 Å². The molecule has 1 atom stereocenters. The van der Waals surface area contributed by atoms with Crippen molar-refractivity contribution >= 4 is 5.78 Å². The topological polar surface area (TPSA) is 20.3 Å². The Labute approximate surface area is 97.3 Å². The molecule has 0 amide bonds. The van der Waals surface area contributed by atoms with E-state index in [-0.39, 0.29) is 0 Å². The van der Waals surface area contributed by atoms with Gasteiger partial charge in [-0.25, -0.2) is 0 Å². The van der Waals surface area contributed by atoms with Crippen molar-refractivity contribution in [3.8, 4) is 0 Å². The summed E-state index contributed by atoms with van der Waals surface area (Å²) < 4.78 is 0. The maximum atomic E-state index is 11.3. The Morgan fingerprint density at radius 2 is 2.12 bits per heavy atom. The van der Waals surface area contributed by atoms with Gasteiger partial charge >= 0.3 is 0 Å². The predicted molar refractivity (Wildman–Crippen MR) is 65.3 cm³/mol. The number of carbonyl (C=O) groups excluding carboxylic acids is 1. The van der Waals surface area contributed by atoms with Crippen molar-refractivity contribution in [2.75, 3.05) is 7.05 Å². The molecule has 1 fully saturated rings. The number of rotatable bonds is 3. The van der Waals surface area contributed by atoms with Crippen LogP contribution in [0.3, 0.4) is 0 Å². The first-order chi connectivity index (χ1) is 7.66. The van der Waals surface area contributed by atoms with E-state index in [9.17, 15) is 4.79 Å². The minimum Gasteiger partial charge on any atom is -0.300 e. The number of hydrogen-bond donors (Lipinski definition) is 0. The smallest absolute Gasteiger partial charge is 0.134 e. The number of hydrogen-bond acceptors (Lipinski definition) is 2. The Hall–Kier alpha value is -1.15. The fourth-order valence-corrected chi connectivity index (χ4v) is 2.36. The second-order valence-corrected chi connectivity index (χ2v) is 4.78. The van der Waals surface area contributed by atoms with Crippen LogP contribution in [-0.2, 0) is 11.3 Å². The van der Waals surface area contributed by atoms with Crippen molar-refractivity contribution in [1.82, 2.24) is 4.90 Å². The molecule has 0 bridgehead atoms. The lowest BCUT2D eigenvalue weighted by Gasteiger charge is -2.24. The van der Waals surface area contributed by atoms with Crippen LogP contribution in [0.4, 0.5) is 0 Å². The van der Waals surface area contributed by atoms with Gasteiger partial charge in [0.2, 0.25) is 0 Å². The predicted octanol–water partition coefficient (Wildman–Crippen LogP) is 2.55. The maximum Gasteiger partial charge on any atom is 0.134 e. The van der Waals surface area contributed by atoms with Crippen molar-refractivity contribution in [3.05, 3.63) is 35.4 Å². The molecule has 86 valence electrons. The molecule has 1 aliphatic carbocycles. The molecule has 0 aromatic heterocycles. The van der Waals surface area contributed by atoms with Crippen molar-refractivity contribution < 1.29 is 4.79 Å². The molecule has 2 nitrogen and oxygen atoms in total. The van der Waals surface area contributed by atoms with Gasteiger partial charge < -0.3 is 0 Å². The summed E-state index contributed by atoms with van der Waals surface area (Å²) in [5, 5.41) is 0. The minimum atomic E-state index is 0.418. The summed E-state index contributed by atoms with van der Waals surface area (Å²) >= 11 is 0. The monoisotopic (exact) mass is 217 g/mol. The zero-order valence-corrected chi connectivity index (χ0v) is 10.1. The molecule has 1 saturated carbocycles. The lowest BCUT2D eigenvalue weighted by atomic mass is 10.1. The molecular weight excluding hydrogens is 198 g/mol. The molecule has 0 spiro atoms. The second kappa shape index (κ2) is 4.79. The zero-order valence-electron chi connectivity index (χ0n) is 10.1. The van der Waals surface area contributed by atoms with E-state index in [1.165, 1.54) is 11.1 Å². The zero-order chi connectivity index (χ0) is 11.5. The average molecular weight is 217 g/mol. The Morgan fingerprint density at radius 1 is 1.38 bits per heavy atom. The highest BCUT2D eigenvalue weighted by Crippen LogP contribution is 2.21. The third-order valence-corrected chi connectivity index (χ3v) is 3.52. The van der Waals surface area contributed by atoms with E-state index in [0.717, 1.165) is 25.8 Å². The van der Waals surface area contributed by atoms with E-state index >= 15 is 0 Å². The molecule has 0 heterocycles. The minimum absolute atomic E-state index is 0.418. The molecule has 2 heteroatoms. The Balaban J connectivity index is 1.99.